The Labute approximate surface area is 188 Å². The zero-order valence-electron chi connectivity index (χ0n) is 19.9. The first-order valence-corrected chi connectivity index (χ1v) is 15.9. The summed E-state index contributed by atoms with van der Waals surface area (Å²) in [5.74, 6) is 0. The quantitative estimate of drug-likeness (QED) is 0.139. The van der Waals surface area contributed by atoms with Gasteiger partial charge in [0.1, 0.15) is 0 Å². The van der Waals surface area contributed by atoms with E-state index in [0.717, 1.165) is 0 Å². The molecule has 27 heavy (non-hydrogen) atoms. The van der Waals surface area contributed by atoms with Gasteiger partial charge in [-0.15, -0.1) is 15.8 Å². The summed E-state index contributed by atoms with van der Waals surface area (Å²) in [6, 6.07) is 0. The molecule has 170 valence electrons. The molecule has 0 aromatic heterocycles. The maximum atomic E-state index is 2.31. The third-order valence-corrected chi connectivity index (χ3v) is 10.7. The molecule has 0 spiro atoms. The van der Waals surface area contributed by atoms with Crippen molar-refractivity contribution in [3.8, 4) is 0 Å². The van der Waals surface area contributed by atoms with E-state index in [0.29, 0.717) is 15.8 Å². The molecule has 0 saturated carbocycles. The average molecular weight is 468 g/mol. The Balaban J connectivity index is -0.000000411. The molecule has 0 nitrogen and oxygen atoms in total. The molecule has 0 unspecified atom stereocenters. The second-order valence-corrected chi connectivity index (χ2v) is 13.2. The van der Waals surface area contributed by atoms with E-state index < -0.39 is 0 Å². The van der Waals surface area contributed by atoms with Crippen molar-refractivity contribution in [1.29, 1.82) is 0 Å². The van der Waals surface area contributed by atoms with Crippen LogP contribution in [0.15, 0.2) is 0 Å². The normalized spacial score (nSPS) is 10.7. The minimum absolute atomic E-state index is 0. The number of hydrogen-bond donors (Lipinski definition) is 0. The zero-order valence-corrected chi connectivity index (χ0v) is 22.7. The molecule has 0 heterocycles. The molecule has 0 aliphatic rings. The van der Waals surface area contributed by atoms with E-state index in [1.165, 1.54) is 77.0 Å². The van der Waals surface area contributed by atoms with Crippen molar-refractivity contribution in [1.82, 2.24) is 0 Å². The van der Waals surface area contributed by atoms with E-state index in [2.05, 4.69) is 41.5 Å². The Morgan fingerprint density at radius 1 is 0.333 bits per heavy atom. The van der Waals surface area contributed by atoms with Crippen LogP contribution >= 0.6 is 15.8 Å². The van der Waals surface area contributed by atoms with Crippen molar-refractivity contribution < 1.29 is 17.1 Å². The second-order valence-electron chi connectivity index (χ2n) is 7.80. The molecule has 0 bridgehead atoms. The topological polar surface area (TPSA) is 0 Å². The molecule has 0 aliphatic heterocycles. The van der Waals surface area contributed by atoms with Gasteiger partial charge in [0.15, 0.2) is 0 Å². The predicted molar refractivity (Wildman–Crippen MR) is 132 cm³/mol. The smallest absolute Gasteiger partial charge is 0.107 e. The second kappa shape index (κ2) is 29.6. The summed E-state index contributed by atoms with van der Waals surface area (Å²) < 4.78 is 0. The number of unbranched alkanes of at least 4 members (excludes halogenated alkanes) is 6. The Hall–Kier alpha value is 1.38. The SMILES string of the molecule is CCCCP(CCCC)CCCC.CCCCP(CCCC)CCCC.[Cu+]. The van der Waals surface area contributed by atoms with Gasteiger partial charge in [-0.3, -0.25) is 0 Å². The van der Waals surface area contributed by atoms with Gasteiger partial charge in [-0.2, -0.15) is 0 Å². The van der Waals surface area contributed by atoms with E-state index >= 15 is 0 Å². The van der Waals surface area contributed by atoms with E-state index in [9.17, 15) is 0 Å². The molecule has 0 aromatic rings. The van der Waals surface area contributed by atoms with Gasteiger partial charge in [-0.05, 0) is 75.5 Å². The Morgan fingerprint density at radius 2 is 0.481 bits per heavy atom. The zero-order chi connectivity index (χ0) is 19.9. The van der Waals surface area contributed by atoms with E-state index in [1.807, 2.05) is 0 Å². The summed E-state index contributed by atoms with van der Waals surface area (Å²) in [6.07, 6.45) is 26.4. The van der Waals surface area contributed by atoms with Crippen molar-refractivity contribution >= 4 is 15.8 Å². The molecular weight excluding hydrogens is 414 g/mol. The van der Waals surface area contributed by atoms with Gasteiger partial charge in [-0.1, -0.05) is 80.1 Å². The van der Waals surface area contributed by atoms with Crippen LogP contribution in [0, 0.1) is 0 Å². The summed E-state index contributed by atoms with van der Waals surface area (Å²) in [5.41, 5.74) is 0. The third-order valence-electron chi connectivity index (χ3n) is 4.97. The standard InChI is InChI=1S/2C12H27P.Cu/c2*1-4-7-10-13(11-8-5-2)12-9-6-3;/h2*4-12H2,1-3H3;/q;;+1. The van der Waals surface area contributed by atoms with E-state index in [-0.39, 0.29) is 17.1 Å². The van der Waals surface area contributed by atoms with Crippen molar-refractivity contribution in [2.45, 2.75) is 119 Å². The van der Waals surface area contributed by atoms with Crippen LogP contribution in [0.1, 0.15) is 119 Å². The monoisotopic (exact) mass is 467 g/mol. The van der Waals surface area contributed by atoms with E-state index in [4.69, 9.17) is 0 Å². The first-order valence-electron chi connectivity index (χ1n) is 12.1. The van der Waals surface area contributed by atoms with Gasteiger partial charge < -0.3 is 0 Å². The fourth-order valence-corrected chi connectivity index (χ4v) is 8.88. The summed E-state index contributed by atoms with van der Waals surface area (Å²) in [5, 5.41) is 0. The first kappa shape index (κ1) is 33.0. The number of rotatable bonds is 18. The fraction of sp³-hybridized carbons (Fsp3) is 1.00. The van der Waals surface area contributed by atoms with Crippen LogP contribution in [0.4, 0.5) is 0 Å². The molecule has 0 rings (SSSR count). The van der Waals surface area contributed by atoms with Crippen molar-refractivity contribution in [2.75, 3.05) is 37.0 Å². The van der Waals surface area contributed by atoms with Crippen LogP contribution < -0.4 is 0 Å². The molecule has 0 N–H and O–H groups in total. The maximum absolute atomic E-state index is 2.31. The Bertz CT molecular complexity index is 174. The Morgan fingerprint density at radius 3 is 0.593 bits per heavy atom. The van der Waals surface area contributed by atoms with Crippen molar-refractivity contribution in [3.05, 3.63) is 0 Å². The average Bonchev–Trinajstić information content (AvgIpc) is 2.67. The molecule has 0 amide bonds. The third kappa shape index (κ3) is 27.4. The van der Waals surface area contributed by atoms with Crippen LogP contribution in [0.2, 0.25) is 0 Å². The van der Waals surface area contributed by atoms with Gasteiger partial charge in [0, 0.05) is 0 Å². The minimum atomic E-state index is 0. The first-order chi connectivity index (χ1) is 12.7. The van der Waals surface area contributed by atoms with Crippen LogP contribution in [0.5, 0.6) is 0 Å². The van der Waals surface area contributed by atoms with E-state index in [1.54, 1.807) is 37.0 Å². The molecule has 0 radical (unpaired) electrons. The Kier molecular flexibility index (Phi) is 36.2. The molecular formula is C24H54CuP2+. The van der Waals surface area contributed by atoms with Gasteiger partial charge in [0.2, 0.25) is 0 Å². The van der Waals surface area contributed by atoms with Crippen LogP contribution in [-0.2, 0) is 17.1 Å². The van der Waals surface area contributed by atoms with Crippen LogP contribution in [0.25, 0.3) is 0 Å². The molecule has 0 atom stereocenters. The molecule has 0 fully saturated rings. The summed E-state index contributed by atoms with van der Waals surface area (Å²) in [4.78, 5) is 0. The summed E-state index contributed by atoms with van der Waals surface area (Å²) >= 11 is 0. The van der Waals surface area contributed by atoms with Crippen molar-refractivity contribution in [3.63, 3.8) is 0 Å². The van der Waals surface area contributed by atoms with Gasteiger partial charge in [0.05, 0.1) is 0 Å². The van der Waals surface area contributed by atoms with Gasteiger partial charge in [-0.25, -0.2) is 0 Å². The molecule has 0 aliphatic carbocycles. The summed E-state index contributed by atoms with van der Waals surface area (Å²) in [7, 11) is 0.843. The molecule has 3 heteroatoms. The van der Waals surface area contributed by atoms with Gasteiger partial charge in [0.25, 0.3) is 0 Å². The minimum Gasteiger partial charge on any atom is -0.107 e. The summed E-state index contributed by atoms with van der Waals surface area (Å²) in [6.45, 7) is 13.9. The largest absolute Gasteiger partial charge is 1.00 e. The van der Waals surface area contributed by atoms with Gasteiger partial charge >= 0.3 is 17.1 Å². The maximum Gasteiger partial charge on any atom is 1.00 e. The predicted octanol–water partition coefficient (Wildman–Crippen LogP) is 9.73. The molecule has 0 saturated heterocycles. The van der Waals surface area contributed by atoms with Crippen LogP contribution in [0.3, 0.4) is 0 Å². The fourth-order valence-electron chi connectivity index (χ4n) is 2.96. The van der Waals surface area contributed by atoms with Crippen LogP contribution in [-0.4, -0.2) is 37.0 Å². The van der Waals surface area contributed by atoms with Crippen molar-refractivity contribution in [2.24, 2.45) is 0 Å². The molecule has 0 aromatic carbocycles. The number of hydrogen-bond acceptors (Lipinski definition) is 0.